The summed E-state index contributed by atoms with van der Waals surface area (Å²) in [5, 5.41) is 5.18. The van der Waals surface area contributed by atoms with Crippen molar-refractivity contribution in [3.63, 3.8) is 0 Å². The Kier molecular flexibility index (Phi) is 4.52. The SMILES string of the molecule is NS(=O)(=O)NCC(F)c1ccc(Cl)cc1Cl. The first-order valence-corrected chi connectivity index (χ1v) is 6.46. The third-order valence-corrected chi connectivity index (χ3v) is 2.90. The summed E-state index contributed by atoms with van der Waals surface area (Å²) in [6.07, 6.45) is -1.58. The van der Waals surface area contributed by atoms with Crippen LogP contribution >= 0.6 is 23.2 Å². The van der Waals surface area contributed by atoms with Gasteiger partial charge in [-0.25, -0.2) is 9.53 Å². The van der Waals surface area contributed by atoms with Gasteiger partial charge in [-0.3, -0.25) is 0 Å². The lowest BCUT2D eigenvalue weighted by Gasteiger charge is -2.10. The van der Waals surface area contributed by atoms with Gasteiger partial charge in [0.15, 0.2) is 0 Å². The van der Waals surface area contributed by atoms with Gasteiger partial charge in [0, 0.05) is 22.2 Å². The first kappa shape index (κ1) is 13.7. The normalized spacial score (nSPS) is 13.8. The molecule has 0 spiro atoms. The van der Waals surface area contributed by atoms with Crippen LogP contribution in [-0.2, 0) is 10.2 Å². The van der Waals surface area contributed by atoms with E-state index in [-0.39, 0.29) is 10.6 Å². The minimum absolute atomic E-state index is 0.135. The molecule has 0 aliphatic carbocycles. The summed E-state index contributed by atoms with van der Waals surface area (Å²) in [6.45, 7) is -0.472. The zero-order valence-corrected chi connectivity index (χ0v) is 10.3. The summed E-state index contributed by atoms with van der Waals surface area (Å²) >= 11 is 11.4. The summed E-state index contributed by atoms with van der Waals surface area (Å²) in [4.78, 5) is 0. The molecule has 1 aromatic rings. The first-order valence-electron chi connectivity index (χ1n) is 4.16. The highest BCUT2D eigenvalue weighted by Crippen LogP contribution is 2.28. The summed E-state index contributed by atoms with van der Waals surface area (Å²) in [5.41, 5.74) is 0.155. The van der Waals surface area contributed by atoms with Gasteiger partial charge in [0.1, 0.15) is 6.17 Å². The fourth-order valence-corrected chi connectivity index (χ4v) is 1.96. The maximum Gasteiger partial charge on any atom is 0.274 e. The Bertz CT molecular complexity index is 481. The van der Waals surface area contributed by atoms with Crippen molar-refractivity contribution in [1.82, 2.24) is 4.72 Å². The molecule has 0 fully saturated rings. The molecule has 0 heterocycles. The summed E-state index contributed by atoms with van der Waals surface area (Å²) < 4.78 is 36.5. The van der Waals surface area contributed by atoms with E-state index in [9.17, 15) is 12.8 Å². The van der Waals surface area contributed by atoms with Gasteiger partial charge < -0.3 is 0 Å². The molecular formula is C8H9Cl2FN2O2S. The highest BCUT2D eigenvalue weighted by atomic mass is 35.5. The van der Waals surface area contributed by atoms with Crippen LogP contribution in [0.5, 0.6) is 0 Å². The molecule has 0 radical (unpaired) electrons. The fraction of sp³-hybridized carbons (Fsp3) is 0.250. The average molecular weight is 287 g/mol. The van der Waals surface area contributed by atoms with Gasteiger partial charge in [-0.05, 0) is 12.1 Å². The second kappa shape index (κ2) is 5.29. The second-order valence-electron chi connectivity index (χ2n) is 3.03. The van der Waals surface area contributed by atoms with Crippen LogP contribution in [0.15, 0.2) is 18.2 Å². The molecule has 1 unspecified atom stereocenters. The van der Waals surface area contributed by atoms with E-state index >= 15 is 0 Å². The van der Waals surface area contributed by atoms with Crippen molar-refractivity contribution in [3.8, 4) is 0 Å². The number of hydrogen-bond donors (Lipinski definition) is 2. The molecule has 90 valence electrons. The molecule has 0 saturated heterocycles. The Morgan fingerprint density at radius 1 is 1.44 bits per heavy atom. The van der Waals surface area contributed by atoms with E-state index in [4.69, 9.17) is 23.2 Å². The molecule has 0 bridgehead atoms. The third-order valence-electron chi connectivity index (χ3n) is 1.76. The van der Waals surface area contributed by atoms with Crippen molar-refractivity contribution in [1.29, 1.82) is 0 Å². The van der Waals surface area contributed by atoms with Crippen LogP contribution in [0.1, 0.15) is 11.7 Å². The van der Waals surface area contributed by atoms with Crippen LogP contribution in [0.25, 0.3) is 0 Å². The topological polar surface area (TPSA) is 72.2 Å². The second-order valence-corrected chi connectivity index (χ2v) is 5.25. The number of nitrogens with two attached hydrogens (primary N) is 1. The van der Waals surface area contributed by atoms with Gasteiger partial charge in [0.2, 0.25) is 0 Å². The van der Waals surface area contributed by atoms with E-state index in [1.165, 1.54) is 18.2 Å². The van der Waals surface area contributed by atoms with E-state index < -0.39 is 22.9 Å². The number of alkyl halides is 1. The maximum absolute atomic E-state index is 13.5. The van der Waals surface area contributed by atoms with E-state index in [0.29, 0.717) is 5.02 Å². The summed E-state index contributed by atoms with van der Waals surface area (Å²) in [5.74, 6) is 0. The van der Waals surface area contributed by atoms with E-state index in [2.05, 4.69) is 5.14 Å². The molecule has 0 amide bonds. The van der Waals surface area contributed by atoms with Crippen LogP contribution in [0, 0.1) is 0 Å². The molecule has 3 N–H and O–H groups in total. The molecule has 0 aromatic heterocycles. The lowest BCUT2D eigenvalue weighted by molar-refractivity contribution is 0.343. The van der Waals surface area contributed by atoms with Gasteiger partial charge in [0.25, 0.3) is 10.2 Å². The van der Waals surface area contributed by atoms with Crippen molar-refractivity contribution in [2.75, 3.05) is 6.54 Å². The van der Waals surface area contributed by atoms with Gasteiger partial charge in [-0.2, -0.15) is 13.1 Å². The Morgan fingerprint density at radius 2 is 2.06 bits per heavy atom. The molecule has 0 aliphatic heterocycles. The van der Waals surface area contributed by atoms with Gasteiger partial charge in [-0.1, -0.05) is 29.3 Å². The standard InChI is InChI=1S/C8H9Cl2FN2O2S/c9-5-1-2-6(7(10)3-5)8(11)4-13-16(12,14)15/h1-3,8,13H,4H2,(H2,12,14,15). The molecule has 1 atom stereocenters. The summed E-state index contributed by atoms with van der Waals surface area (Å²) in [7, 11) is -3.91. The largest absolute Gasteiger partial charge is 0.274 e. The van der Waals surface area contributed by atoms with Crippen LogP contribution < -0.4 is 9.86 Å². The monoisotopic (exact) mass is 286 g/mol. The predicted octanol–water partition coefficient (Wildman–Crippen LogP) is 1.80. The van der Waals surface area contributed by atoms with Crippen molar-refractivity contribution in [2.45, 2.75) is 6.17 Å². The smallest absolute Gasteiger partial charge is 0.241 e. The Balaban J connectivity index is 2.77. The number of hydrogen-bond acceptors (Lipinski definition) is 2. The van der Waals surface area contributed by atoms with Crippen LogP contribution in [0.3, 0.4) is 0 Å². The average Bonchev–Trinajstić information content (AvgIpc) is 2.13. The molecule has 16 heavy (non-hydrogen) atoms. The minimum atomic E-state index is -3.91. The lowest BCUT2D eigenvalue weighted by Crippen LogP contribution is -2.33. The third kappa shape index (κ3) is 4.23. The number of nitrogens with one attached hydrogen (secondary N) is 1. The van der Waals surface area contributed by atoms with Crippen molar-refractivity contribution >= 4 is 33.4 Å². The summed E-state index contributed by atoms with van der Waals surface area (Å²) in [6, 6.07) is 4.23. The van der Waals surface area contributed by atoms with Crippen molar-refractivity contribution < 1.29 is 12.8 Å². The van der Waals surface area contributed by atoms with Crippen molar-refractivity contribution in [2.24, 2.45) is 5.14 Å². The van der Waals surface area contributed by atoms with Crippen LogP contribution in [0.2, 0.25) is 10.0 Å². The molecule has 1 rings (SSSR count). The number of halogens is 3. The molecule has 0 aliphatic rings. The highest BCUT2D eigenvalue weighted by Gasteiger charge is 2.15. The predicted molar refractivity (Wildman–Crippen MR) is 61.4 cm³/mol. The van der Waals surface area contributed by atoms with Gasteiger partial charge in [-0.15, -0.1) is 0 Å². The van der Waals surface area contributed by atoms with Crippen molar-refractivity contribution in [3.05, 3.63) is 33.8 Å². The quantitative estimate of drug-likeness (QED) is 0.886. The molecule has 1 aromatic carbocycles. The Morgan fingerprint density at radius 3 is 2.56 bits per heavy atom. The number of benzene rings is 1. The zero-order chi connectivity index (χ0) is 12.3. The van der Waals surface area contributed by atoms with Gasteiger partial charge >= 0.3 is 0 Å². The molecule has 4 nitrogen and oxygen atoms in total. The maximum atomic E-state index is 13.5. The number of rotatable bonds is 4. The molecule has 0 saturated carbocycles. The molecule has 8 heteroatoms. The Labute approximate surface area is 103 Å². The first-order chi connectivity index (χ1) is 7.29. The fourth-order valence-electron chi connectivity index (χ4n) is 1.05. The lowest BCUT2D eigenvalue weighted by atomic mass is 10.1. The van der Waals surface area contributed by atoms with Gasteiger partial charge in [0.05, 0.1) is 0 Å². The Hall–Kier alpha value is -0.400. The zero-order valence-electron chi connectivity index (χ0n) is 7.95. The van der Waals surface area contributed by atoms with E-state index in [0.717, 1.165) is 0 Å². The van der Waals surface area contributed by atoms with Crippen LogP contribution in [-0.4, -0.2) is 15.0 Å². The highest BCUT2D eigenvalue weighted by molar-refractivity contribution is 7.87. The van der Waals surface area contributed by atoms with Crippen LogP contribution in [0.4, 0.5) is 4.39 Å². The molecular weight excluding hydrogens is 278 g/mol. The minimum Gasteiger partial charge on any atom is -0.241 e. The van der Waals surface area contributed by atoms with E-state index in [1.54, 1.807) is 0 Å². The van der Waals surface area contributed by atoms with E-state index in [1.807, 2.05) is 4.72 Å².